The SMILES string of the molecule is CCCSC=C(NC(=O)c1ccc(Cl)cc1)[P+](c1ccccc1)(c1ccccc1)c1ccccc1. The van der Waals surface area contributed by atoms with E-state index >= 15 is 0 Å². The summed E-state index contributed by atoms with van der Waals surface area (Å²) >= 11 is 7.82. The fourth-order valence-electron chi connectivity index (χ4n) is 4.06. The molecule has 0 unspecified atom stereocenters. The molecule has 0 aliphatic carbocycles. The van der Waals surface area contributed by atoms with E-state index in [9.17, 15) is 4.79 Å². The zero-order valence-corrected chi connectivity index (χ0v) is 22.1. The molecule has 4 aromatic carbocycles. The van der Waals surface area contributed by atoms with Gasteiger partial charge in [0.05, 0.1) is 0 Å². The summed E-state index contributed by atoms with van der Waals surface area (Å²) in [5.41, 5.74) is 1.51. The molecule has 0 saturated heterocycles. The van der Waals surface area contributed by atoms with E-state index in [1.807, 2.05) is 18.2 Å². The maximum absolute atomic E-state index is 13.6. The van der Waals surface area contributed by atoms with E-state index < -0.39 is 7.26 Å². The number of thioether (sulfide) groups is 1. The normalized spacial score (nSPS) is 11.8. The Morgan fingerprint density at radius 2 is 1.23 bits per heavy atom. The van der Waals surface area contributed by atoms with E-state index in [2.05, 4.69) is 90.4 Å². The number of hydrogen-bond donors (Lipinski definition) is 1. The molecule has 0 saturated carbocycles. The van der Waals surface area contributed by atoms with E-state index in [0.29, 0.717) is 10.6 Å². The quantitative estimate of drug-likeness (QED) is 0.191. The van der Waals surface area contributed by atoms with Crippen molar-refractivity contribution in [2.45, 2.75) is 13.3 Å². The highest BCUT2D eigenvalue weighted by Crippen LogP contribution is 2.61. The van der Waals surface area contributed by atoms with Crippen molar-refractivity contribution >= 4 is 52.4 Å². The van der Waals surface area contributed by atoms with Crippen LogP contribution in [0.4, 0.5) is 0 Å². The van der Waals surface area contributed by atoms with Crippen LogP contribution in [0.1, 0.15) is 23.7 Å². The number of halogens is 1. The van der Waals surface area contributed by atoms with Gasteiger partial charge in [0.1, 0.15) is 15.9 Å². The molecule has 176 valence electrons. The van der Waals surface area contributed by atoms with Crippen LogP contribution in [0.25, 0.3) is 0 Å². The van der Waals surface area contributed by atoms with Crippen LogP contribution >= 0.6 is 30.6 Å². The highest BCUT2D eigenvalue weighted by atomic mass is 35.5. The second-order valence-corrected chi connectivity index (χ2v) is 12.8. The molecule has 0 atom stereocenters. The smallest absolute Gasteiger partial charge is 0.258 e. The van der Waals surface area contributed by atoms with Gasteiger partial charge in [-0.05, 0) is 72.8 Å². The fourth-order valence-corrected chi connectivity index (χ4v) is 9.47. The molecule has 0 aliphatic heterocycles. The third kappa shape index (κ3) is 5.70. The summed E-state index contributed by atoms with van der Waals surface area (Å²) < 4.78 is 0. The molecule has 5 heteroatoms. The van der Waals surface area contributed by atoms with Crippen LogP contribution in [0.3, 0.4) is 0 Å². The zero-order chi connectivity index (χ0) is 24.5. The maximum Gasteiger partial charge on any atom is 0.258 e. The van der Waals surface area contributed by atoms with Crippen molar-refractivity contribution < 1.29 is 4.79 Å². The minimum Gasteiger partial charge on any atom is -0.292 e. The van der Waals surface area contributed by atoms with Crippen LogP contribution in [0.2, 0.25) is 5.02 Å². The van der Waals surface area contributed by atoms with Crippen LogP contribution in [0, 0.1) is 0 Å². The van der Waals surface area contributed by atoms with Gasteiger partial charge < -0.3 is 0 Å². The van der Waals surface area contributed by atoms with Crippen molar-refractivity contribution in [3.63, 3.8) is 0 Å². The Kier molecular flexibility index (Phi) is 8.82. The van der Waals surface area contributed by atoms with Gasteiger partial charge in [0.25, 0.3) is 5.91 Å². The van der Waals surface area contributed by atoms with Gasteiger partial charge in [0.2, 0.25) is 0 Å². The minimum absolute atomic E-state index is 0.141. The molecule has 4 rings (SSSR count). The molecule has 1 amide bonds. The van der Waals surface area contributed by atoms with Gasteiger partial charge in [-0.3, -0.25) is 10.1 Å². The summed E-state index contributed by atoms with van der Waals surface area (Å²) in [5.74, 6) is 0.829. The van der Waals surface area contributed by atoms with E-state index in [1.165, 1.54) is 15.9 Å². The van der Waals surface area contributed by atoms with Gasteiger partial charge in [-0.15, -0.1) is 11.8 Å². The molecule has 0 aliphatic rings. The Morgan fingerprint density at radius 1 is 0.771 bits per heavy atom. The highest BCUT2D eigenvalue weighted by molar-refractivity contribution is 8.04. The summed E-state index contributed by atoms with van der Waals surface area (Å²) in [5, 5.41) is 9.70. The molecule has 35 heavy (non-hydrogen) atoms. The van der Waals surface area contributed by atoms with Crippen LogP contribution < -0.4 is 21.2 Å². The lowest BCUT2D eigenvalue weighted by Crippen LogP contribution is -2.38. The molecule has 2 nitrogen and oxygen atoms in total. The van der Waals surface area contributed by atoms with Crippen molar-refractivity contribution in [3.05, 3.63) is 137 Å². The predicted octanol–water partition coefficient (Wildman–Crippen LogP) is 7.01. The molecule has 0 bridgehead atoms. The lowest BCUT2D eigenvalue weighted by Gasteiger charge is -2.29. The summed E-state index contributed by atoms with van der Waals surface area (Å²) in [6, 6.07) is 38.7. The van der Waals surface area contributed by atoms with Crippen molar-refractivity contribution in [1.82, 2.24) is 5.32 Å². The Morgan fingerprint density at radius 3 is 1.66 bits per heavy atom. The van der Waals surface area contributed by atoms with E-state index in [-0.39, 0.29) is 5.91 Å². The van der Waals surface area contributed by atoms with Gasteiger partial charge in [-0.1, -0.05) is 73.1 Å². The minimum atomic E-state index is -2.41. The lowest BCUT2D eigenvalue weighted by atomic mass is 10.2. The number of carbonyl (C=O) groups excluding carboxylic acids is 1. The summed E-state index contributed by atoms with van der Waals surface area (Å²) in [6.07, 6.45) is 1.05. The predicted molar refractivity (Wildman–Crippen MR) is 155 cm³/mol. The number of amides is 1. The zero-order valence-electron chi connectivity index (χ0n) is 19.6. The molecule has 4 aromatic rings. The van der Waals surface area contributed by atoms with Crippen LogP contribution in [-0.2, 0) is 0 Å². The first kappa shape index (κ1) is 25.3. The molecule has 0 spiro atoms. The summed E-state index contributed by atoms with van der Waals surface area (Å²) in [6.45, 7) is 2.17. The Bertz CT molecular complexity index is 1170. The third-order valence-corrected chi connectivity index (χ3v) is 11.3. The van der Waals surface area contributed by atoms with Crippen molar-refractivity contribution in [2.24, 2.45) is 0 Å². The van der Waals surface area contributed by atoms with Crippen LogP contribution in [-0.4, -0.2) is 11.7 Å². The second-order valence-electron chi connectivity index (χ2n) is 8.01. The number of nitrogens with one attached hydrogen (secondary N) is 1. The Labute approximate surface area is 217 Å². The van der Waals surface area contributed by atoms with E-state index in [0.717, 1.165) is 17.6 Å². The van der Waals surface area contributed by atoms with Gasteiger partial charge >= 0.3 is 0 Å². The van der Waals surface area contributed by atoms with Gasteiger partial charge in [-0.25, -0.2) is 0 Å². The average Bonchev–Trinajstić information content (AvgIpc) is 2.91. The Balaban J connectivity index is 1.96. The maximum atomic E-state index is 13.6. The van der Waals surface area contributed by atoms with Gasteiger partial charge in [0, 0.05) is 16.0 Å². The number of hydrogen-bond acceptors (Lipinski definition) is 2. The number of benzene rings is 4. The molecule has 0 heterocycles. The molecule has 0 aromatic heterocycles. The van der Waals surface area contributed by atoms with Crippen LogP contribution in [0.15, 0.2) is 126 Å². The standard InChI is InChI=1S/C30H27ClNOPS/c1-2-22-35-23-29(32-30(33)24-18-20-25(31)21-19-24)34(26-12-6-3-7-13-26,27-14-8-4-9-15-27)28-16-10-5-11-17-28/h3-21,23H,2,22H2,1H3/p+1. The summed E-state index contributed by atoms with van der Waals surface area (Å²) in [7, 11) is -2.41. The van der Waals surface area contributed by atoms with Crippen molar-refractivity contribution in [2.75, 3.05) is 5.75 Å². The topological polar surface area (TPSA) is 29.1 Å². The molecule has 0 radical (unpaired) electrons. The Hall–Kier alpha value is -2.84. The monoisotopic (exact) mass is 516 g/mol. The molecular weight excluding hydrogens is 489 g/mol. The van der Waals surface area contributed by atoms with Crippen molar-refractivity contribution in [1.29, 1.82) is 0 Å². The fraction of sp³-hybridized carbons (Fsp3) is 0.100. The van der Waals surface area contributed by atoms with Gasteiger partial charge in [0.15, 0.2) is 12.7 Å². The van der Waals surface area contributed by atoms with Crippen LogP contribution in [0.5, 0.6) is 0 Å². The highest BCUT2D eigenvalue weighted by Gasteiger charge is 2.50. The van der Waals surface area contributed by atoms with E-state index in [1.54, 1.807) is 36.0 Å². The first-order valence-electron chi connectivity index (χ1n) is 11.6. The lowest BCUT2D eigenvalue weighted by molar-refractivity contribution is 0.0968. The second kappa shape index (κ2) is 12.2. The third-order valence-electron chi connectivity index (χ3n) is 5.66. The van der Waals surface area contributed by atoms with E-state index in [4.69, 9.17) is 11.6 Å². The number of rotatable bonds is 9. The van der Waals surface area contributed by atoms with Crippen molar-refractivity contribution in [3.8, 4) is 0 Å². The largest absolute Gasteiger partial charge is 0.292 e. The summed E-state index contributed by atoms with van der Waals surface area (Å²) in [4.78, 5) is 13.6. The first-order valence-corrected chi connectivity index (χ1v) is 14.8. The molecular formula is C30H28ClNOPS+. The average molecular weight is 517 g/mol. The molecule has 1 N–H and O–H groups in total. The first-order chi connectivity index (χ1) is 17.2. The van der Waals surface area contributed by atoms with Gasteiger partial charge in [-0.2, -0.15) is 0 Å². The molecule has 0 fully saturated rings. The number of carbonyl (C=O) groups is 1.